The van der Waals surface area contributed by atoms with Crippen LogP contribution in [-0.4, -0.2) is 36.2 Å². The largest absolute Gasteiger partial charge is 0.346 e. The third-order valence-corrected chi connectivity index (χ3v) is 3.59. The Morgan fingerprint density at radius 3 is 2.76 bits per heavy atom. The average molecular weight is 270 g/mol. The highest BCUT2D eigenvalue weighted by Gasteiger charge is 2.12. The molecule has 0 bridgehead atoms. The number of nitrogens with zero attached hydrogens (tertiary/aromatic N) is 1. The summed E-state index contributed by atoms with van der Waals surface area (Å²) in [6.45, 7) is 5.85. The molecule has 2 rings (SSSR count). The Morgan fingerprint density at radius 1 is 1.41 bits per heavy atom. The molecular weight excluding hydrogens is 254 g/mol. The Labute approximate surface area is 112 Å². The van der Waals surface area contributed by atoms with Crippen molar-refractivity contribution in [2.45, 2.75) is 6.92 Å². The lowest BCUT2D eigenvalue weighted by Crippen LogP contribution is -2.47. The number of anilines is 1. The van der Waals surface area contributed by atoms with Crippen LogP contribution >= 0.6 is 23.8 Å². The van der Waals surface area contributed by atoms with Gasteiger partial charge >= 0.3 is 0 Å². The first kappa shape index (κ1) is 12.6. The SMILES string of the molecule is Cc1ccc(NC(=S)N2CCNCC2)cc1Cl. The molecule has 1 aliphatic rings. The summed E-state index contributed by atoms with van der Waals surface area (Å²) in [6.07, 6.45) is 0. The number of benzene rings is 1. The molecule has 1 saturated heterocycles. The summed E-state index contributed by atoms with van der Waals surface area (Å²) in [5.74, 6) is 0. The molecule has 17 heavy (non-hydrogen) atoms. The van der Waals surface area contributed by atoms with Crippen molar-refractivity contribution in [3.05, 3.63) is 28.8 Å². The van der Waals surface area contributed by atoms with E-state index in [0.29, 0.717) is 0 Å². The number of piperazine rings is 1. The predicted molar refractivity (Wildman–Crippen MR) is 76.9 cm³/mol. The molecule has 5 heteroatoms. The monoisotopic (exact) mass is 269 g/mol. The Morgan fingerprint density at radius 2 is 2.12 bits per heavy atom. The topological polar surface area (TPSA) is 27.3 Å². The van der Waals surface area contributed by atoms with Gasteiger partial charge in [0.2, 0.25) is 0 Å². The standard InChI is InChI=1S/C12H16ClN3S/c1-9-2-3-10(8-11(9)13)15-12(17)16-6-4-14-5-7-16/h2-3,8,14H,4-7H2,1H3,(H,15,17). The molecule has 1 aromatic carbocycles. The van der Waals surface area contributed by atoms with Crippen LogP contribution in [0.15, 0.2) is 18.2 Å². The summed E-state index contributed by atoms with van der Waals surface area (Å²) in [7, 11) is 0. The molecule has 0 radical (unpaired) electrons. The van der Waals surface area contributed by atoms with E-state index in [1.54, 1.807) is 0 Å². The number of hydrogen-bond acceptors (Lipinski definition) is 2. The summed E-state index contributed by atoms with van der Waals surface area (Å²) in [5.41, 5.74) is 2.02. The van der Waals surface area contributed by atoms with E-state index in [-0.39, 0.29) is 0 Å². The first-order chi connectivity index (χ1) is 8.16. The minimum Gasteiger partial charge on any atom is -0.346 e. The van der Waals surface area contributed by atoms with E-state index in [2.05, 4.69) is 15.5 Å². The second-order valence-corrected chi connectivity index (χ2v) is 4.93. The van der Waals surface area contributed by atoms with Crippen molar-refractivity contribution >= 4 is 34.6 Å². The quantitative estimate of drug-likeness (QED) is 0.765. The van der Waals surface area contributed by atoms with Gasteiger partial charge in [0.05, 0.1) is 0 Å². The molecule has 0 spiro atoms. The second-order valence-electron chi connectivity index (χ2n) is 4.13. The van der Waals surface area contributed by atoms with Crippen LogP contribution in [0.1, 0.15) is 5.56 Å². The molecule has 1 aliphatic heterocycles. The maximum absolute atomic E-state index is 6.08. The van der Waals surface area contributed by atoms with E-state index in [9.17, 15) is 0 Å². The maximum Gasteiger partial charge on any atom is 0.173 e. The Hall–Kier alpha value is -0.840. The maximum atomic E-state index is 6.08. The van der Waals surface area contributed by atoms with Crippen LogP contribution in [0.5, 0.6) is 0 Å². The molecule has 0 atom stereocenters. The van der Waals surface area contributed by atoms with Crippen LogP contribution in [-0.2, 0) is 0 Å². The molecule has 0 aliphatic carbocycles. The van der Waals surface area contributed by atoms with Gasteiger partial charge in [-0.3, -0.25) is 0 Å². The average Bonchev–Trinajstić information content (AvgIpc) is 2.35. The van der Waals surface area contributed by atoms with E-state index in [1.165, 1.54) is 0 Å². The fourth-order valence-electron chi connectivity index (χ4n) is 1.74. The summed E-state index contributed by atoms with van der Waals surface area (Å²) >= 11 is 11.5. The molecule has 0 saturated carbocycles. The molecule has 1 aromatic rings. The molecule has 1 fully saturated rings. The van der Waals surface area contributed by atoms with E-state index >= 15 is 0 Å². The van der Waals surface area contributed by atoms with Crippen LogP contribution in [0.4, 0.5) is 5.69 Å². The highest BCUT2D eigenvalue weighted by atomic mass is 35.5. The highest BCUT2D eigenvalue weighted by molar-refractivity contribution is 7.80. The molecule has 0 amide bonds. The minimum atomic E-state index is 0.762. The Kier molecular flexibility index (Phi) is 4.20. The fraction of sp³-hybridized carbons (Fsp3) is 0.417. The molecule has 92 valence electrons. The zero-order valence-corrected chi connectivity index (χ0v) is 11.4. The van der Waals surface area contributed by atoms with Crippen LogP contribution < -0.4 is 10.6 Å². The molecule has 2 N–H and O–H groups in total. The summed E-state index contributed by atoms with van der Waals surface area (Å²) < 4.78 is 0. The third kappa shape index (κ3) is 3.31. The number of thiocarbonyl (C=S) groups is 1. The van der Waals surface area contributed by atoms with Gasteiger partial charge in [-0.25, -0.2) is 0 Å². The Balaban J connectivity index is 1.99. The van der Waals surface area contributed by atoms with Gasteiger partial charge in [0.25, 0.3) is 0 Å². The third-order valence-electron chi connectivity index (χ3n) is 2.83. The lowest BCUT2D eigenvalue weighted by atomic mass is 10.2. The van der Waals surface area contributed by atoms with Crippen LogP contribution in [0.2, 0.25) is 5.02 Å². The van der Waals surface area contributed by atoms with E-state index in [1.807, 2.05) is 25.1 Å². The van der Waals surface area contributed by atoms with Crippen molar-refractivity contribution in [2.75, 3.05) is 31.5 Å². The van der Waals surface area contributed by atoms with Crippen molar-refractivity contribution in [1.82, 2.24) is 10.2 Å². The van der Waals surface area contributed by atoms with Crippen LogP contribution in [0, 0.1) is 6.92 Å². The lowest BCUT2D eigenvalue weighted by Gasteiger charge is -2.30. The number of hydrogen-bond donors (Lipinski definition) is 2. The van der Waals surface area contributed by atoms with Gasteiger partial charge in [0.1, 0.15) is 0 Å². The molecule has 0 unspecified atom stereocenters. The molecular formula is C12H16ClN3S. The van der Waals surface area contributed by atoms with Crippen LogP contribution in [0.25, 0.3) is 0 Å². The van der Waals surface area contributed by atoms with Crippen molar-refractivity contribution in [3.63, 3.8) is 0 Å². The van der Waals surface area contributed by atoms with Crippen molar-refractivity contribution in [3.8, 4) is 0 Å². The summed E-state index contributed by atoms with van der Waals surface area (Å²) in [4.78, 5) is 2.17. The first-order valence-corrected chi connectivity index (χ1v) is 6.48. The zero-order valence-electron chi connectivity index (χ0n) is 9.79. The molecule has 3 nitrogen and oxygen atoms in total. The molecule has 0 aromatic heterocycles. The number of halogens is 1. The summed E-state index contributed by atoms with van der Waals surface area (Å²) in [5, 5.41) is 8.06. The predicted octanol–water partition coefficient (Wildman–Crippen LogP) is 2.25. The first-order valence-electron chi connectivity index (χ1n) is 5.69. The van der Waals surface area contributed by atoms with Crippen molar-refractivity contribution < 1.29 is 0 Å². The van der Waals surface area contributed by atoms with Gasteiger partial charge < -0.3 is 15.5 Å². The number of rotatable bonds is 1. The normalized spacial score (nSPS) is 15.8. The second kappa shape index (κ2) is 5.67. The van der Waals surface area contributed by atoms with E-state index in [0.717, 1.165) is 47.6 Å². The zero-order chi connectivity index (χ0) is 12.3. The smallest absolute Gasteiger partial charge is 0.173 e. The number of nitrogens with one attached hydrogen (secondary N) is 2. The van der Waals surface area contributed by atoms with Gasteiger partial charge in [-0.15, -0.1) is 0 Å². The fourth-order valence-corrected chi connectivity index (χ4v) is 2.22. The number of aryl methyl sites for hydroxylation is 1. The Bertz CT molecular complexity index is 416. The molecule has 1 heterocycles. The van der Waals surface area contributed by atoms with E-state index in [4.69, 9.17) is 23.8 Å². The van der Waals surface area contributed by atoms with Gasteiger partial charge in [-0.05, 0) is 36.8 Å². The highest BCUT2D eigenvalue weighted by Crippen LogP contribution is 2.20. The van der Waals surface area contributed by atoms with Crippen molar-refractivity contribution in [2.24, 2.45) is 0 Å². The van der Waals surface area contributed by atoms with Crippen LogP contribution in [0.3, 0.4) is 0 Å². The summed E-state index contributed by atoms with van der Waals surface area (Å²) in [6, 6.07) is 5.89. The van der Waals surface area contributed by atoms with Crippen molar-refractivity contribution in [1.29, 1.82) is 0 Å². The van der Waals surface area contributed by atoms with Gasteiger partial charge in [0.15, 0.2) is 5.11 Å². The lowest BCUT2D eigenvalue weighted by molar-refractivity contribution is 0.362. The van der Waals surface area contributed by atoms with Gasteiger partial charge in [-0.1, -0.05) is 17.7 Å². The minimum absolute atomic E-state index is 0.762. The van der Waals surface area contributed by atoms with E-state index < -0.39 is 0 Å². The van der Waals surface area contributed by atoms with Gasteiger partial charge in [0, 0.05) is 36.9 Å². The van der Waals surface area contributed by atoms with Gasteiger partial charge in [-0.2, -0.15) is 0 Å².